The molecular formula is C11H12N2O3S. The van der Waals surface area contributed by atoms with Crippen LogP contribution in [0.25, 0.3) is 0 Å². The SMILES string of the molecule is Cc1ncc(CNCc2ccoc2C(=O)O)s1. The molecule has 0 spiro atoms. The van der Waals surface area contributed by atoms with Crippen molar-refractivity contribution in [1.82, 2.24) is 10.3 Å². The zero-order chi connectivity index (χ0) is 12.3. The lowest BCUT2D eigenvalue weighted by molar-refractivity contribution is 0.0660. The average Bonchev–Trinajstić information content (AvgIpc) is 2.87. The van der Waals surface area contributed by atoms with Crippen LogP contribution in [0, 0.1) is 6.92 Å². The monoisotopic (exact) mass is 252 g/mol. The Labute approximate surface area is 102 Å². The maximum absolute atomic E-state index is 10.8. The van der Waals surface area contributed by atoms with Gasteiger partial charge in [0.1, 0.15) is 0 Å². The van der Waals surface area contributed by atoms with E-state index in [0.29, 0.717) is 18.7 Å². The molecule has 2 N–H and O–H groups in total. The second-order valence-electron chi connectivity index (χ2n) is 3.53. The lowest BCUT2D eigenvalue weighted by atomic mass is 10.2. The molecule has 0 saturated carbocycles. The summed E-state index contributed by atoms with van der Waals surface area (Å²) in [5.41, 5.74) is 0.652. The molecule has 0 atom stereocenters. The van der Waals surface area contributed by atoms with Crippen LogP contribution < -0.4 is 5.32 Å². The largest absolute Gasteiger partial charge is 0.475 e. The molecule has 0 aliphatic heterocycles. The number of aromatic nitrogens is 1. The first-order valence-electron chi connectivity index (χ1n) is 5.08. The molecule has 0 amide bonds. The predicted octanol–water partition coefficient (Wildman–Crippen LogP) is 2.03. The number of nitrogens with one attached hydrogen (secondary N) is 1. The van der Waals surface area contributed by atoms with E-state index in [-0.39, 0.29) is 5.76 Å². The van der Waals surface area contributed by atoms with E-state index in [1.165, 1.54) is 6.26 Å². The molecule has 2 rings (SSSR count). The molecular weight excluding hydrogens is 240 g/mol. The number of aryl methyl sites for hydroxylation is 1. The molecule has 0 saturated heterocycles. The average molecular weight is 252 g/mol. The van der Waals surface area contributed by atoms with Crippen molar-refractivity contribution in [2.45, 2.75) is 20.0 Å². The van der Waals surface area contributed by atoms with Gasteiger partial charge in [0.05, 0.1) is 11.3 Å². The number of hydrogen-bond acceptors (Lipinski definition) is 5. The fourth-order valence-electron chi connectivity index (χ4n) is 1.47. The summed E-state index contributed by atoms with van der Waals surface area (Å²) in [7, 11) is 0. The van der Waals surface area contributed by atoms with Gasteiger partial charge in [-0.2, -0.15) is 0 Å². The number of furan rings is 1. The second-order valence-corrected chi connectivity index (χ2v) is 4.85. The fraction of sp³-hybridized carbons (Fsp3) is 0.273. The van der Waals surface area contributed by atoms with E-state index in [0.717, 1.165) is 9.88 Å². The van der Waals surface area contributed by atoms with Gasteiger partial charge < -0.3 is 14.8 Å². The third kappa shape index (κ3) is 2.92. The maximum Gasteiger partial charge on any atom is 0.372 e. The van der Waals surface area contributed by atoms with Crippen molar-refractivity contribution in [3.63, 3.8) is 0 Å². The van der Waals surface area contributed by atoms with Crippen molar-refractivity contribution in [3.05, 3.63) is 39.7 Å². The lowest BCUT2D eigenvalue weighted by Gasteiger charge is -2.01. The molecule has 2 aromatic heterocycles. The Bertz CT molecular complexity index is 518. The first-order valence-corrected chi connectivity index (χ1v) is 5.90. The molecule has 0 bridgehead atoms. The van der Waals surface area contributed by atoms with Crippen LogP contribution >= 0.6 is 11.3 Å². The minimum Gasteiger partial charge on any atom is -0.475 e. The van der Waals surface area contributed by atoms with E-state index in [2.05, 4.69) is 10.3 Å². The van der Waals surface area contributed by atoms with Crippen LogP contribution in [0.3, 0.4) is 0 Å². The highest BCUT2D eigenvalue weighted by molar-refractivity contribution is 7.11. The molecule has 5 nitrogen and oxygen atoms in total. The molecule has 6 heteroatoms. The van der Waals surface area contributed by atoms with Crippen LogP contribution in [0.2, 0.25) is 0 Å². The fourth-order valence-corrected chi connectivity index (χ4v) is 2.23. The minimum atomic E-state index is -1.04. The van der Waals surface area contributed by atoms with E-state index in [1.807, 2.05) is 13.1 Å². The van der Waals surface area contributed by atoms with Crippen LogP contribution in [-0.2, 0) is 13.1 Å². The highest BCUT2D eigenvalue weighted by atomic mass is 32.1. The Morgan fingerprint density at radius 3 is 3.06 bits per heavy atom. The number of aromatic carboxylic acids is 1. The standard InChI is InChI=1S/C11H12N2O3S/c1-7-13-6-9(17-7)5-12-4-8-2-3-16-10(8)11(14)15/h2-3,6,12H,4-5H2,1H3,(H,14,15). The van der Waals surface area contributed by atoms with Crippen LogP contribution in [-0.4, -0.2) is 16.1 Å². The van der Waals surface area contributed by atoms with Gasteiger partial charge in [0, 0.05) is 29.7 Å². The Kier molecular flexibility index (Phi) is 3.55. The summed E-state index contributed by atoms with van der Waals surface area (Å²) >= 11 is 1.62. The zero-order valence-corrected chi connectivity index (χ0v) is 10.1. The maximum atomic E-state index is 10.8. The van der Waals surface area contributed by atoms with E-state index >= 15 is 0 Å². The molecule has 0 aromatic carbocycles. The van der Waals surface area contributed by atoms with Crippen molar-refractivity contribution in [2.75, 3.05) is 0 Å². The number of carboxylic acids is 1. The number of carbonyl (C=O) groups is 1. The zero-order valence-electron chi connectivity index (χ0n) is 9.27. The summed E-state index contributed by atoms with van der Waals surface area (Å²) in [6.45, 7) is 3.09. The van der Waals surface area contributed by atoms with Gasteiger partial charge in [-0.1, -0.05) is 0 Å². The first kappa shape index (κ1) is 11.8. The van der Waals surface area contributed by atoms with Crippen molar-refractivity contribution in [3.8, 4) is 0 Å². The second kappa shape index (κ2) is 5.11. The van der Waals surface area contributed by atoms with Gasteiger partial charge in [-0.05, 0) is 13.0 Å². The van der Waals surface area contributed by atoms with Crippen LogP contribution in [0.15, 0.2) is 22.9 Å². The Morgan fingerprint density at radius 2 is 2.41 bits per heavy atom. The first-order chi connectivity index (χ1) is 8.16. The van der Waals surface area contributed by atoms with Gasteiger partial charge in [0.15, 0.2) is 0 Å². The van der Waals surface area contributed by atoms with E-state index in [9.17, 15) is 4.79 Å². The van der Waals surface area contributed by atoms with Gasteiger partial charge in [0.25, 0.3) is 0 Å². The smallest absolute Gasteiger partial charge is 0.372 e. The van der Waals surface area contributed by atoms with Crippen LogP contribution in [0.5, 0.6) is 0 Å². The predicted molar refractivity (Wildman–Crippen MR) is 63.1 cm³/mol. The number of carboxylic acid groups (broad SMARTS) is 1. The molecule has 0 aliphatic carbocycles. The van der Waals surface area contributed by atoms with Gasteiger partial charge in [-0.3, -0.25) is 0 Å². The van der Waals surface area contributed by atoms with Crippen molar-refractivity contribution >= 4 is 17.3 Å². The topological polar surface area (TPSA) is 75.4 Å². The number of nitrogens with zero attached hydrogens (tertiary/aromatic N) is 1. The highest BCUT2D eigenvalue weighted by Gasteiger charge is 2.13. The van der Waals surface area contributed by atoms with Gasteiger partial charge in [-0.15, -0.1) is 11.3 Å². The van der Waals surface area contributed by atoms with Gasteiger partial charge >= 0.3 is 5.97 Å². The summed E-state index contributed by atoms with van der Waals surface area (Å²) in [4.78, 5) is 16.1. The summed E-state index contributed by atoms with van der Waals surface area (Å²) in [5.74, 6) is -1.04. The summed E-state index contributed by atoms with van der Waals surface area (Å²) in [6.07, 6.45) is 3.21. The minimum absolute atomic E-state index is 0.00187. The molecule has 90 valence electrons. The molecule has 2 aromatic rings. The normalized spacial score (nSPS) is 10.6. The highest BCUT2D eigenvalue weighted by Crippen LogP contribution is 2.13. The molecule has 0 aliphatic rings. The lowest BCUT2D eigenvalue weighted by Crippen LogP contribution is -2.13. The van der Waals surface area contributed by atoms with E-state index in [1.54, 1.807) is 17.4 Å². The summed E-state index contributed by atoms with van der Waals surface area (Å²) < 4.78 is 4.88. The quantitative estimate of drug-likeness (QED) is 0.851. The van der Waals surface area contributed by atoms with Crippen LogP contribution in [0.4, 0.5) is 0 Å². The van der Waals surface area contributed by atoms with Crippen molar-refractivity contribution in [2.24, 2.45) is 0 Å². The Morgan fingerprint density at radius 1 is 1.59 bits per heavy atom. The van der Waals surface area contributed by atoms with E-state index < -0.39 is 5.97 Å². The summed E-state index contributed by atoms with van der Waals surface area (Å²) in [5, 5.41) is 13.0. The Balaban J connectivity index is 1.90. The molecule has 2 heterocycles. The van der Waals surface area contributed by atoms with Gasteiger partial charge in [-0.25, -0.2) is 9.78 Å². The van der Waals surface area contributed by atoms with Crippen LogP contribution in [0.1, 0.15) is 26.0 Å². The van der Waals surface area contributed by atoms with Crippen molar-refractivity contribution < 1.29 is 14.3 Å². The molecule has 0 radical (unpaired) electrons. The van der Waals surface area contributed by atoms with E-state index in [4.69, 9.17) is 9.52 Å². The Hall–Kier alpha value is -1.66. The summed E-state index contributed by atoms with van der Waals surface area (Å²) in [6, 6.07) is 1.66. The molecule has 17 heavy (non-hydrogen) atoms. The number of hydrogen-bond donors (Lipinski definition) is 2. The van der Waals surface area contributed by atoms with Crippen molar-refractivity contribution in [1.29, 1.82) is 0 Å². The number of thiazole rings is 1. The number of rotatable bonds is 5. The third-order valence-electron chi connectivity index (χ3n) is 2.22. The molecule has 0 fully saturated rings. The van der Waals surface area contributed by atoms with Gasteiger partial charge in [0.2, 0.25) is 5.76 Å². The molecule has 0 unspecified atom stereocenters. The third-order valence-corrected chi connectivity index (χ3v) is 3.14.